The highest BCUT2D eigenvalue weighted by atomic mass is 32.2. The highest BCUT2D eigenvalue weighted by Gasteiger charge is 2.30. The van der Waals surface area contributed by atoms with Crippen LogP contribution in [-0.2, 0) is 20.0 Å². The van der Waals surface area contributed by atoms with Crippen molar-refractivity contribution in [3.05, 3.63) is 54.3 Å². The molecule has 0 radical (unpaired) electrons. The molecule has 0 amide bonds. The fraction of sp³-hybridized carbons (Fsp3) is 0.143. The van der Waals surface area contributed by atoms with Crippen molar-refractivity contribution in [1.29, 1.82) is 0 Å². The van der Waals surface area contributed by atoms with E-state index in [4.69, 9.17) is 0 Å². The average Bonchev–Trinajstić information content (AvgIpc) is 2.53. The number of alkyl halides is 3. The predicted octanol–water partition coefficient (Wildman–Crippen LogP) is 2.47. The van der Waals surface area contributed by atoms with Gasteiger partial charge in [0.2, 0.25) is 10.0 Å². The first-order valence-corrected chi connectivity index (χ1v) is 9.81. The van der Waals surface area contributed by atoms with Gasteiger partial charge in [-0.2, -0.15) is 13.2 Å². The van der Waals surface area contributed by atoms with Crippen molar-refractivity contribution < 1.29 is 34.4 Å². The quantitative estimate of drug-likeness (QED) is 0.713. The summed E-state index contributed by atoms with van der Waals surface area (Å²) >= 11 is 0. The van der Waals surface area contributed by atoms with Gasteiger partial charge in [0.25, 0.3) is 10.0 Å². The Morgan fingerprint density at radius 1 is 0.846 bits per heavy atom. The van der Waals surface area contributed by atoms with Crippen LogP contribution in [0.25, 0.3) is 0 Å². The predicted molar refractivity (Wildman–Crippen MR) is 84.9 cm³/mol. The number of benzene rings is 2. The van der Waals surface area contributed by atoms with Gasteiger partial charge in [-0.25, -0.2) is 25.9 Å². The molecule has 2 rings (SSSR count). The third kappa shape index (κ3) is 5.16. The Balaban J connectivity index is 2.19. The lowest BCUT2D eigenvalue weighted by Crippen LogP contribution is -2.33. The fourth-order valence-electron chi connectivity index (χ4n) is 1.84. The van der Waals surface area contributed by atoms with Gasteiger partial charge in [0.1, 0.15) is 17.3 Å². The van der Waals surface area contributed by atoms with Gasteiger partial charge in [-0.05, 0) is 36.4 Å². The summed E-state index contributed by atoms with van der Waals surface area (Å²) in [6.07, 6.45) is -4.72. The average molecular weight is 412 g/mol. The molecule has 6 nitrogen and oxygen atoms in total. The molecule has 0 saturated carbocycles. The smallest absolute Gasteiger partial charge is 0.280 e. The molecule has 26 heavy (non-hydrogen) atoms. The first kappa shape index (κ1) is 20.1. The van der Waals surface area contributed by atoms with E-state index in [0.29, 0.717) is 0 Å². The minimum Gasteiger partial charge on any atom is -0.280 e. The molecule has 0 spiro atoms. The Morgan fingerprint density at radius 2 is 1.42 bits per heavy atom. The van der Waals surface area contributed by atoms with Crippen molar-refractivity contribution in [2.45, 2.75) is 16.0 Å². The van der Waals surface area contributed by atoms with Crippen LogP contribution >= 0.6 is 0 Å². The second kappa shape index (κ2) is 7.21. The Hall–Kier alpha value is -2.18. The second-order valence-electron chi connectivity index (χ2n) is 5.00. The topological polar surface area (TPSA) is 92.3 Å². The molecule has 2 aromatic rings. The number of rotatable bonds is 6. The summed E-state index contributed by atoms with van der Waals surface area (Å²) in [6.45, 7) is -1.74. The van der Waals surface area contributed by atoms with Crippen LogP contribution in [0.2, 0.25) is 0 Å². The lowest BCUT2D eigenvalue weighted by molar-refractivity contribution is -0.121. The molecule has 0 aliphatic heterocycles. The van der Waals surface area contributed by atoms with Gasteiger partial charge in [0, 0.05) is 5.69 Å². The van der Waals surface area contributed by atoms with Gasteiger partial charge >= 0.3 is 6.18 Å². The van der Waals surface area contributed by atoms with Crippen LogP contribution in [0.1, 0.15) is 0 Å². The molecule has 0 aliphatic rings. The standard InChI is InChI=1S/C14H12F4N2O4S2/c15-12-3-1-2-4-13(12)26(23,24)20-10-5-7-11(8-6-10)25(21,22)19-9-14(16,17)18/h1-8,19-20H,9H2. The molecular formula is C14H12F4N2O4S2. The Morgan fingerprint density at radius 3 is 1.96 bits per heavy atom. The molecule has 2 N–H and O–H groups in total. The molecule has 0 bridgehead atoms. The third-order valence-electron chi connectivity index (χ3n) is 3.01. The van der Waals surface area contributed by atoms with Crippen molar-refractivity contribution in [3.63, 3.8) is 0 Å². The van der Waals surface area contributed by atoms with Gasteiger partial charge < -0.3 is 0 Å². The van der Waals surface area contributed by atoms with Crippen LogP contribution in [0.3, 0.4) is 0 Å². The first-order valence-electron chi connectivity index (χ1n) is 6.84. The van der Waals surface area contributed by atoms with E-state index < -0.39 is 48.4 Å². The molecule has 0 heterocycles. The minimum absolute atomic E-state index is 0.0944. The third-order valence-corrected chi connectivity index (χ3v) is 5.84. The van der Waals surface area contributed by atoms with E-state index in [0.717, 1.165) is 36.4 Å². The summed E-state index contributed by atoms with van der Waals surface area (Å²) in [5, 5.41) is 0. The maximum atomic E-state index is 13.6. The number of sulfonamides is 2. The molecule has 2 aromatic carbocycles. The zero-order valence-electron chi connectivity index (χ0n) is 12.8. The van der Waals surface area contributed by atoms with E-state index in [1.165, 1.54) is 16.9 Å². The van der Waals surface area contributed by atoms with Crippen LogP contribution in [-0.4, -0.2) is 29.6 Å². The van der Waals surface area contributed by atoms with Crippen LogP contribution in [0.5, 0.6) is 0 Å². The van der Waals surface area contributed by atoms with Crippen molar-refractivity contribution in [3.8, 4) is 0 Å². The maximum Gasteiger partial charge on any atom is 0.402 e. The molecule has 0 unspecified atom stereocenters. The summed E-state index contributed by atoms with van der Waals surface area (Å²) < 4.78 is 101. The molecule has 12 heteroatoms. The van der Waals surface area contributed by atoms with Crippen LogP contribution in [0.15, 0.2) is 58.3 Å². The number of nitrogens with one attached hydrogen (secondary N) is 2. The van der Waals surface area contributed by atoms with Crippen LogP contribution < -0.4 is 9.44 Å². The normalized spacial score (nSPS) is 12.8. The van der Waals surface area contributed by atoms with Crippen LogP contribution in [0.4, 0.5) is 23.2 Å². The zero-order valence-corrected chi connectivity index (χ0v) is 14.4. The summed E-state index contributed by atoms with van der Waals surface area (Å²) in [7, 11) is -8.68. The largest absolute Gasteiger partial charge is 0.402 e. The number of hydrogen-bond acceptors (Lipinski definition) is 4. The number of anilines is 1. The summed E-state index contributed by atoms with van der Waals surface area (Å²) in [5.41, 5.74) is -0.0944. The van der Waals surface area contributed by atoms with Gasteiger partial charge in [-0.3, -0.25) is 4.72 Å². The Kier molecular flexibility index (Phi) is 5.58. The minimum atomic E-state index is -4.72. The van der Waals surface area contributed by atoms with E-state index in [9.17, 15) is 34.4 Å². The lowest BCUT2D eigenvalue weighted by atomic mass is 10.3. The van der Waals surface area contributed by atoms with E-state index in [1.807, 2.05) is 4.72 Å². The number of halogens is 4. The van der Waals surface area contributed by atoms with Gasteiger partial charge in [-0.15, -0.1) is 0 Å². The van der Waals surface area contributed by atoms with Crippen molar-refractivity contribution in [2.24, 2.45) is 0 Å². The first-order chi connectivity index (χ1) is 11.9. The van der Waals surface area contributed by atoms with Crippen molar-refractivity contribution in [1.82, 2.24) is 4.72 Å². The van der Waals surface area contributed by atoms with E-state index in [1.54, 1.807) is 0 Å². The molecule has 0 fully saturated rings. The van der Waals surface area contributed by atoms with Crippen molar-refractivity contribution in [2.75, 3.05) is 11.3 Å². The van der Waals surface area contributed by atoms with Crippen LogP contribution in [0, 0.1) is 5.82 Å². The fourth-order valence-corrected chi connectivity index (χ4v) is 3.99. The molecule has 0 aliphatic carbocycles. The van der Waals surface area contributed by atoms with E-state index in [-0.39, 0.29) is 5.69 Å². The summed E-state index contributed by atoms with van der Waals surface area (Å²) in [4.78, 5) is -1.10. The van der Waals surface area contributed by atoms with E-state index in [2.05, 4.69) is 0 Å². The molecule has 0 saturated heterocycles. The Labute approximate surface area is 147 Å². The SMILES string of the molecule is O=S(=O)(NCC(F)(F)F)c1ccc(NS(=O)(=O)c2ccccc2F)cc1. The van der Waals surface area contributed by atoms with Gasteiger partial charge in [0.15, 0.2) is 0 Å². The zero-order chi connectivity index (χ0) is 19.6. The number of hydrogen-bond donors (Lipinski definition) is 2. The highest BCUT2D eigenvalue weighted by Crippen LogP contribution is 2.21. The molecular weight excluding hydrogens is 400 g/mol. The molecule has 0 atom stereocenters. The lowest BCUT2D eigenvalue weighted by Gasteiger charge is -2.11. The maximum absolute atomic E-state index is 13.6. The van der Waals surface area contributed by atoms with Gasteiger partial charge in [0.05, 0.1) is 4.90 Å². The highest BCUT2D eigenvalue weighted by molar-refractivity contribution is 7.92. The summed E-state index contributed by atoms with van der Waals surface area (Å²) in [6, 6.07) is 8.51. The Bertz CT molecular complexity index is 988. The monoisotopic (exact) mass is 412 g/mol. The molecule has 142 valence electrons. The van der Waals surface area contributed by atoms with Gasteiger partial charge in [-0.1, -0.05) is 12.1 Å². The van der Waals surface area contributed by atoms with Crippen molar-refractivity contribution >= 4 is 25.7 Å². The summed E-state index contributed by atoms with van der Waals surface area (Å²) in [5.74, 6) is -0.976. The second-order valence-corrected chi connectivity index (χ2v) is 8.42. The molecule has 0 aromatic heterocycles. The van der Waals surface area contributed by atoms with E-state index >= 15 is 0 Å².